The molecule has 0 radical (unpaired) electrons. The summed E-state index contributed by atoms with van der Waals surface area (Å²) in [7, 11) is 0. The van der Waals surface area contributed by atoms with Gasteiger partial charge in [-0.15, -0.1) is 0 Å². The molecule has 0 aliphatic heterocycles. The van der Waals surface area contributed by atoms with Gasteiger partial charge in [-0.2, -0.15) is 0 Å². The van der Waals surface area contributed by atoms with Gasteiger partial charge >= 0.3 is 0 Å². The van der Waals surface area contributed by atoms with Gasteiger partial charge in [0, 0.05) is 12.2 Å². The summed E-state index contributed by atoms with van der Waals surface area (Å²) in [5.41, 5.74) is 1.94. The number of hydrogen-bond acceptors (Lipinski definition) is 3. The second-order valence-corrected chi connectivity index (χ2v) is 5.18. The van der Waals surface area contributed by atoms with Crippen molar-refractivity contribution in [1.29, 1.82) is 0 Å². The highest BCUT2D eigenvalue weighted by Gasteiger charge is 2.13. The molecule has 0 bridgehead atoms. The second kappa shape index (κ2) is 8.08. The van der Waals surface area contributed by atoms with Crippen LogP contribution in [0.2, 0.25) is 0 Å². The topological polar surface area (TPSA) is 38.3 Å². The van der Waals surface area contributed by atoms with Gasteiger partial charge in [0.1, 0.15) is 0 Å². The molecule has 19 heavy (non-hydrogen) atoms. The van der Waals surface area contributed by atoms with Crippen molar-refractivity contribution in [2.24, 2.45) is 0 Å². The Morgan fingerprint density at radius 1 is 1.21 bits per heavy atom. The Labute approximate surface area is 116 Å². The number of carbonyl (C=O) groups excluding carboxylic acids is 1. The van der Waals surface area contributed by atoms with Crippen molar-refractivity contribution in [3.05, 3.63) is 35.4 Å². The Morgan fingerprint density at radius 3 is 2.42 bits per heavy atom. The number of benzene rings is 1. The molecular weight excluding hydrogens is 238 g/mol. The Hall–Kier alpha value is -1.19. The molecule has 0 heterocycles. The molecule has 0 aliphatic rings. The molecule has 106 valence electrons. The number of aryl methyl sites for hydroxylation is 1. The van der Waals surface area contributed by atoms with Crippen molar-refractivity contribution in [2.45, 2.75) is 46.3 Å². The highest BCUT2D eigenvalue weighted by Crippen LogP contribution is 2.06. The summed E-state index contributed by atoms with van der Waals surface area (Å²) in [5, 5.41) is 3.24. The highest BCUT2D eigenvalue weighted by atomic mass is 16.5. The first-order valence-corrected chi connectivity index (χ1v) is 6.96. The summed E-state index contributed by atoms with van der Waals surface area (Å²) < 4.78 is 5.46. The van der Waals surface area contributed by atoms with Crippen LogP contribution in [0.15, 0.2) is 24.3 Å². The maximum atomic E-state index is 12.1. The molecule has 0 saturated carbocycles. The molecule has 1 atom stereocenters. The summed E-state index contributed by atoms with van der Waals surface area (Å²) in [4.78, 5) is 12.1. The van der Waals surface area contributed by atoms with Gasteiger partial charge in [-0.3, -0.25) is 4.79 Å². The lowest BCUT2D eigenvalue weighted by Crippen LogP contribution is -2.35. The molecule has 0 aliphatic carbocycles. The normalized spacial score (nSPS) is 12.7. The van der Waals surface area contributed by atoms with Crippen LogP contribution < -0.4 is 5.32 Å². The van der Waals surface area contributed by atoms with Crippen LogP contribution in [0, 0.1) is 6.92 Å². The maximum Gasteiger partial charge on any atom is 0.179 e. The van der Waals surface area contributed by atoms with Crippen molar-refractivity contribution in [3.8, 4) is 0 Å². The summed E-state index contributed by atoms with van der Waals surface area (Å²) in [6.45, 7) is 9.51. The van der Waals surface area contributed by atoms with Crippen LogP contribution in [-0.4, -0.2) is 31.1 Å². The molecule has 0 saturated heterocycles. The van der Waals surface area contributed by atoms with Crippen molar-refractivity contribution in [2.75, 3.05) is 13.2 Å². The lowest BCUT2D eigenvalue weighted by molar-refractivity contribution is 0.0760. The Morgan fingerprint density at radius 2 is 1.84 bits per heavy atom. The number of Topliss-reactive ketones (excluding diaryl/α,β-unsaturated/α-hetero) is 1. The van der Waals surface area contributed by atoms with Crippen LogP contribution in [-0.2, 0) is 4.74 Å². The monoisotopic (exact) mass is 263 g/mol. The van der Waals surface area contributed by atoms with Crippen LogP contribution in [0.5, 0.6) is 0 Å². The van der Waals surface area contributed by atoms with Crippen molar-refractivity contribution in [1.82, 2.24) is 5.32 Å². The summed E-state index contributed by atoms with van der Waals surface area (Å²) in [6.07, 6.45) is 1.19. The zero-order valence-electron chi connectivity index (χ0n) is 12.4. The van der Waals surface area contributed by atoms with Gasteiger partial charge in [-0.1, -0.05) is 29.8 Å². The molecule has 0 spiro atoms. The van der Waals surface area contributed by atoms with Gasteiger partial charge in [0.15, 0.2) is 5.78 Å². The minimum atomic E-state index is -0.151. The minimum absolute atomic E-state index is 0.143. The van der Waals surface area contributed by atoms with E-state index in [1.807, 2.05) is 52.0 Å². The van der Waals surface area contributed by atoms with Gasteiger partial charge in [-0.05, 0) is 40.7 Å². The van der Waals surface area contributed by atoms with E-state index in [-0.39, 0.29) is 17.9 Å². The third-order valence-electron chi connectivity index (χ3n) is 2.95. The number of ketones is 1. The van der Waals surface area contributed by atoms with Gasteiger partial charge in [-0.25, -0.2) is 0 Å². The third-order valence-corrected chi connectivity index (χ3v) is 2.95. The zero-order chi connectivity index (χ0) is 14.3. The van der Waals surface area contributed by atoms with Gasteiger partial charge in [0.25, 0.3) is 0 Å². The Kier molecular flexibility index (Phi) is 6.74. The van der Waals surface area contributed by atoms with Crippen molar-refractivity contribution >= 4 is 5.78 Å². The van der Waals surface area contributed by atoms with E-state index in [1.54, 1.807) is 0 Å². The smallest absolute Gasteiger partial charge is 0.179 e. The molecule has 3 heteroatoms. The fraction of sp³-hybridized carbons (Fsp3) is 0.562. The van der Waals surface area contributed by atoms with Crippen LogP contribution in [0.4, 0.5) is 0 Å². The van der Waals surface area contributed by atoms with Gasteiger partial charge < -0.3 is 10.1 Å². The van der Waals surface area contributed by atoms with Crippen LogP contribution in [0.3, 0.4) is 0 Å². The largest absolute Gasteiger partial charge is 0.379 e. The highest BCUT2D eigenvalue weighted by molar-refractivity contribution is 5.99. The molecule has 3 nitrogen and oxygen atoms in total. The van der Waals surface area contributed by atoms with E-state index in [0.717, 1.165) is 25.1 Å². The standard InChI is InChI=1S/C16H25NO2/c1-12(2)19-11-5-10-17-14(4)16(18)15-8-6-13(3)7-9-15/h6-9,12,14,17H,5,10-11H2,1-4H3. The van der Waals surface area contributed by atoms with E-state index in [0.29, 0.717) is 0 Å². The molecule has 1 rings (SSSR count). The molecule has 1 aromatic carbocycles. The van der Waals surface area contributed by atoms with Crippen LogP contribution in [0.1, 0.15) is 43.1 Å². The first-order chi connectivity index (χ1) is 9.00. The number of rotatable bonds is 8. The van der Waals surface area contributed by atoms with E-state index in [9.17, 15) is 4.79 Å². The van der Waals surface area contributed by atoms with E-state index >= 15 is 0 Å². The van der Waals surface area contributed by atoms with Crippen molar-refractivity contribution < 1.29 is 9.53 Å². The Balaban J connectivity index is 2.31. The molecule has 0 aromatic heterocycles. The molecule has 1 N–H and O–H groups in total. The van der Waals surface area contributed by atoms with E-state index in [2.05, 4.69) is 5.32 Å². The number of carbonyl (C=O) groups is 1. The first kappa shape index (κ1) is 15.9. The predicted molar refractivity (Wildman–Crippen MR) is 78.7 cm³/mol. The van der Waals surface area contributed by atoms with E-state index in [4.69, 9.17) is 4.74 Å². The fourth-order valence-electron chi connectivity index (χ4n) is 1.77. The SMILES string of the molecule is Cc1ccc(C(=O)C(C)NCCCOC(C)C)cc1. The summed E-state index contributed by atoms with van der Waals surface area (Å²) >= 11 is 0. The van der Waals surface area contributed by atoms with Crippen molar-refractivity contribution in [3.63, 3.8) is 0 Å². The third kappa shape index (κ3) is 5.99. The van der Waals surface area contributed by atoms with Crippen LogP contribution in [0.25, 0.3) is 0 Å². The average Bonchev–Trinajstić information content (AvgIpc) is 2.37. The second-order valence-electron chi connectivity index (χ2n) is 5.18. The molecule has 1 aromatic rings. The molecular formula is C16H25NO2. The van der Waals surface area contributed by atoms with Crippen LogP contribution >= 0.6 is 0 Å². The first-order valence-electron chi connectivity index (χ1n) is 6.96. The van der Waals surface area contributed by atoms with Gasteiger partial charge in [0.05, 0.1) is 12.1 Å². The quantitative estimate of drug-likeness (QED) is 0.579. The summed E-state index contributed by atoms with van der Waals surface area (Å²) in [5.74, 6) is 0.143. The predicted octanol–water partition coefficient (Wildman–Crippen LogP) is 2.97. The zero-order valence-corrected chi connectivity index (χ0v) is 12.4. The lowest BCUT2D eigenvalue weighted by Gasteiger charge is -2.13. The Bertz CT molecular complexity index is 384. The maximum absolute atomic E-state index is 12.1. The molecule has 0 fully saturated rings. The fourth-order valence-corrected chi connectivity index (χ4v) is 1.77. The lowest BCUT2D eigenvalue weighted by atomic mass is 10.0. The summed E-state index contributed by atoms with van der Waals surface area (Å²) in [6, 6.07) is 7.56. The minimum Gasteiger partial charge on any atom is -0.379 e. The molecule has 1 unspecified atom stereocenters. The van der Waals surface area contributed by atoms with E-state index in [1.165, 1.54) is 5.56 Å². The average molecular weight is 263 g/mol. The number of hydrogen-bond donors (Lipinski definition) is 1. The number of nitrogens with one attached hydrogen (secondary N) is 1. The molecule has 0 amide bonds. The van der Waals surface area contributed by atoms with E-state index < -0.39 is 0 Å². The van der Waals surface area contributed by atoms with Gasteiger partial charge in [0.2, 0.25) is 0 Å². The number of ether oxygens (including phenoxy) is 1.